The summed E-state index contributed by atoms with van der Waals surface area (Å²) in [6.07, 6.45) is 4.80. The highest BCUT2D eigenvalue weighted by molar-refractivity contribution is 5.97. The number of piperidine rings is 1. The predicted molar refractivity (Wildman–Crippen MR) is 111 cm³/mol. The Bertz CT molecular complexity index is 883. The molecule has 0 radical (unpaired) electrons. The fourth-order valence-corrected chi connectivity index (χ4v) is 5.13. The molecule has 2 aromatic rings. The first-order valence-electron chi connectivity index (χ1n) is 10.8. The van der Waals surface area contributed by atoms with Crippen LogP contribution < -0.4 is 0 Å². The van der Waals surface area contributed by atoms with Crippen LogP contribution in [0.4, 0.5) is 0 Å². The Balaban J connectivity index is 1.25. The summed E-state index contributed by atoms with van der Waals surface area (Å²) in [5, 5.41) is 1.01. The van der Waals surface area contributed by atoms with Crippen LogP contribution in [0.3, 0.4) is 0 Å². The summed E-state index contributed by atoms with van der Waals surface area (Å²) in [4.78, 5) is 22.1. The third-order valence-electron chi connectivity index (χ3n) is 6.57. The van der Waals surface area contributed by atoms with Gasteiger partial charge in [0, 0.05) is 44.3 Å². The van der Waals surface area contributed by atoms with Crippen LogP contribution in [0, 0.1) is 5.92 Å². The Hall–Kier alpha value is -2.02. The first-order valence-corrected chi connectivity index (χ1v) is 10.8. The highest BCUT2D eigenvalue weighted by Gasteiger charge is 2.44. The zero-order valence-electron chi connectivity index (χ0n) is 16.9. The monoisotopic (exact) mass is 395 g/mol. The molecule has 1 spiro atoms. The quantitative estimate of drug-likeness (QED) is 0.800. The molecule has 6 heteroatoms. The van der Waals surface area contributed by atoms with Crippen molar-refractivity contribution in [3.63, 3.8) is 0 Å². The van der Waals surface area contributed by atoms with Gasteiger partial charge in [0.2, 0.25) is 0 Å². The number of para-hydroxylation sites is 1. The number of carbonyl (C=O) groups is 1. The van der Waals surface area contributed by atoms with Gasteiger partial charge in [-0.05, 0) is 37.3 Å². The zero-order chi connectivity index (χ0) is 19.7. The Morgan fingerprint density at radius 1 is 1.21 bits per heavy atom. The molecular weight excluding hydrogens is 366 g/mol. The van der Waals surface area contributed by atoms with Crippen molar-refractivity contribution in [2.45, 2.75) is 24.9 Å². The van der Waals surface area contributed by atoms with Gasteiger partial charge in [0.15, 0.2) is 0 Å². The number of morpholine rings is 1. The molecule has 1 aromatic carbocycles. The molecule has 3 fully saturated rings. The Morgan fingerprint density at radius 2 is 2.07 bits per heavy atom. The molecule has 1 amide bonds. The van der Waals surface area contributed by atoms with Gasteiger partial charge in [-0.3, -0.25) is 14.7 Å². The molecule has 3 aliphatic heterocycles. The summed E-state index contributed by atoms with van der Waals surface area (Å²) < 4.78 is 11.8. The van der Waals surface area contributed by atoms with Crippen molar-refractivity contribution >= 4 is 16.8 Å². The van der Waals surface area contributed by atoms with Gasteiger partial charge in [-0.25, -0.2) is 0 Å². The van der Waals surface area contributed by atoms with Gasteiger partial charge in [-0.2, -0.15) is 0 Å². The second-order valence-electron chi connectivity index (χ2n) is 8.72. The van der Waals surface area contributed by atoms with Crippen molar-refractivity contribution in [3.8, 4) is 0 Å². The average molecular weight is 396 g/mol. The molecule has 29 heavy (non-hydrogen) atoms. The molecule has 2 atom stereocenters. The highest BCUT2D eigenvalue weighted by atomic mass is 16.5. The second-order valence-corrected chi connectivity index (χ2v) is 8.72. The number of hydrogen-bond donors (Lipinski definition) is 0. The fourth-order valence-electron chi connectivity index (χ4n) is 5.13. The van der Waals surface area contributed by atoms with E-state index in [0.717, 1.165) is 76.2 Å². The number of carbonyl (C=O) groups excluding carboxylic acids is 1. The predicted octanol–water partition coefficient (Wildman–Crippen LogP) is 2.58. The molecule has 0 saturated carbocycles. The Morgan fingerprint density at radius 3 is 2.97 bits per heavy atom. The number of likely N-dealkylation sites (tertiary alicyclic amines) is 1. The van der Waals surface area contributed by atoms with Crippen LogP contribution in [0.2, 0.25) is 0 Å². The van der Waals surface area contributed by atoms with E-state index < -0.39 is 0 Å². The van der Waals surface area contributed by atoms with Crippen LogP contribution in [0.5, 0.6) is 0 Å². The second kappa shape index (κ2) is 8.01. The topological polar surface area (TPSA) is 54.9 Å². The summed E-state index contributed by atoms with van der Waals surface area (Å²) in [5.74, 6) is 0.619. The Kier molecular flexibility index (Phi) is 5.24. The minimum Gasteiger partial charge on any atom is -0.379 e. The van der Waals surface area contributed by atoms with E-state index in [-0.39, 0.29) is 11.5 Å². The standard InChI is InChI=1S/C23H29N3O3/c27-22(20-12-19-4-1-2-5-21(19)24-14-20)26-7-3-6-23(17-26)13-18(16-29-23)15-25-8-10-28-11-9-25/h1-2,4-5,12,14,18H,3,6-11,13,15-17H2/t18-,23+/m1/s1. The molecule has 0 bridgehead atoms. The van der Waals surface area contributed by atoms with Crippen LogP contribution in [0.1, 0.15) is 29.6 Å². The minimum absolute atomic E-state index is 0.0718. The lowest BCUT2D eigenvalue weighted by Crippen LogP contribution is -2.50. The molecule has 0 unspecified atom stereocenters. The van der Waals surface area contributed by atoms with Gasteiger partial charge >= 0.3 is 0 Å². The van der Waals surface area contributed by atoms with Crippen molar-refractivity contribution in [2.75, 3.05) is 52.5 Å². The summed E-state index contributed by atoms with van der Waals surface area (Å²) in [5.41, 5.74) is 1.42. The molecule has 5 rings (SSSR count). The molecule has 0 N–H and O–H groups in total. The summed E-state index contributed by atoms with van der Waals surface area (Å²) >= 11 is 0. The van der Waals surface area contributed by atoms with E-state index in [4.69, 9.17) is 9.47 Å². The number of amides is 1. The van der Waals surface area contributed by atoms with Gasteiger partial charge in [-0.15, -0.1) is 0 Å². The van der Waals surface area contributed by atoms with Crippen LogP contribution >= 0.6 is 0 Å². The van der Waals surface area contributed by atoms with Gasteiger partial charge in [0.05, 0.1) is 36.5 Å². The number of aromatic nitrogens is 1. The van der Waals surface area contributed by atoms with Crippen LogP contribution in [-0.4, -0.2) is 78.8 Å². The molecule has 4 heterocycles. The van der Waals surface area contributed by atoms with E-state index in [1.165, 1.54) is 0 Å². The van der Waals surface area contributed by atoms with E-state index in [9.17, 15) is 4.79 Å². The highest BCUT2D eigenvalue weighted by Crippen LogP contribution is 2.38. The maximum atomic E-state index is 13.2. The lowest BCUT2D eigenvalue weighted by atomic mass is 9.86. The molecule has 154 valence electrons. The van der Waals surface area contributed by atoms with Crippen molar-refractivity contribution in [1.29, 1.82) is 0 Å². The third-order valence-corrected chi connectivity index (χ3v) is 6.57. The maximum absolute atomic E-state index is 13.2. The summed E-state index contributed by atoms with van der Waals surface area (Å²) in [6.45, 7) is 7.07. The number of pyridine rings is 1. The SMILES string of the molecule is O=C(c1cnc2ccccc2c1)N1CCC[C@]2(C[C@H](CN3CCOCC3)CO2)C1. The van der Waals surface area contributed by atoms with Gasteiger partial charge in [0.25, 0.3) is 5.91 Å². The minimum atomic E-state index is -0.171. The molecule has 6 nitrogen and oxygen atoms in total. The van der Waals surface area contributed by atoms with Gasteiger partial charge < -0.3 is 14.4 Å². The number of ether oxygens (including phenoxy) is 2. The van der Waals surface area contributed by atoms with Crippen LogP contribution in [0.15, 0.2) is 36.5 Å². The lowest BCUT2D eigenvalue weighted by Gasteiger charge is -2.40. The van der Waals surface area contributed by atoms with E-state index in [0.29, 0.717) is 18.0 Å². The normalized spacial score (nSPS) is 28.3. The molecule has 0 aliphatic carbocycles. The first-order chi connectivity index (χ1) is 14.2. The van der Waals surface area contributed by atoms with Crippen molar-refractivity contribution < 1.29 is 14.3 Å². The van der Waals surface area contributed by atoms with Gasteiger partial charge in [-0.1, -0.05) is 18.2 Å². The van der Waals surface area contributed by atoms with Crippen LogP contribution in [0.25, 0.3) is 10.9 Å². The lowest BCUT2D eigenvalue weighted by molar-refractivity contribution is -0.0451. The van der Waals surface area contributed by atoms with Crippen molar-refractivity contribution in [2.24, 2.45) is 5.92 Å². The third kappa shape index (κ3) is 4.02. The zero-order valence-corrected chi connectivity index (χ0v) is 16.9. The van der Waals surface area contributed by atoms with Gasteiger partial charge in [0.1, 0.15) is 0 Å². The summed E-state index contributed by atoms with van der Waals surface area (Å²) in [6, 6.07) is 9.89. The smallest absolute Gasteiger partial charge is 0.255 e. The van der Waals surface area contributed by atoms with E-state index in [1.54, 1.807) is 6.20 Å². The van der Waals surface area contributed by atoms with Crippen LogP contribution in [-0.2, 0) is 9.47 Å². The average Bonchev–Trinajstić information content (AvgIpc) is 3.15. The fraction of sp³-hybridized carbons (Fsp3) is 0.565. The molecule has 1 aromatic heterocycles. The number of fused-ring (bicyclic) bond motifs is 1. The maximum Gasteiger partial charge on any atom is 0.255 e. The van der Waals surface area contributed by atoms with E-state index in [2.05, 4.69) is 9.88 Å². The first kappa shape index (κ1) is 19.0. The van der Waals surface area contributed by atoms with E-state index in [1.807, 2.05) is 35.2 Å². The van der Waals surface area contributed by atoms with Crippen molar-refractivity contribution in [3.05, 3.63) is 42.1 Å². The largest absolute Gasteiger partial charge is 0.379 e. The molecule has 3 saturated heterocycles. The number of hydrogen-bond acceptors (Lipinski definition) is 5. The molecular formula is C23H29N3O3. The van der Waals surface area contributed by atoms with E-state index >= 15 is 0 Å². The van der Waals surface area contributed by atoms with Crippen molar-refractivity contribution in [1.82, 2.24) is 14.8 Å². The molecule has 3 aliphatic rings. The number of nitrogens with zero attached hydrogens (tertiary/aromatic N) is 3. The number of rotatable bonds is 3. The summed E-state index contributed by atoms with van der Waals surface area (Å²) in [7, 11) is 0. The number of benzene rings is 1. The Labute approximate surface area is 171 Å².